The number of aliphatic hydroxyl groups excluding tert-OH is 1. The molecule has 0 aromatic heterocycles. The van der Waals surface area contributed by atoms with Crippen molar-refractivity contribution in [2.45, 2.75) is 51.4 Å². The second-order valence-corrected chi connectivity index (χ2v) is 6.52. The molecule has 0 aromatic carbocycles. The first-order valence-corrected chi connectivity index (χ1v) is 8.56. The number of nitrogens with one attached hydrogen (secondary N) is 1. The predicted octanol–water partition coefficient (Wildman–Crippen LogP) is 1.66. The number of hydrogen-bond acceptors (Lipinski definition) is 5. The lowest BCUT2D eigenvalue weighted by molar-refractivity contribution is -0.0168. The number of rotatable bonds is 11. The third kappa shape index (κ3) is 8.87. The van der Waals surface area contributed by atoms with E-state index in [2.05, 4.69) is 19.2 Å². The molecule has 3 atom stereocenters. The SMILES string of the molecule is CCSCCC(C)NCC(O)COCC1CCCO1. The zero-order chi connectivity index (χ0) is 13.9. The normalized spacial score (nSPS) is 22.6. The van der Waals surface area contributed by atoms with E-state index in [4.69, 9.17) is 9.47 Å². The molecule has 1 heterocycles. The largest absolute Gasteiger partial charge is 0.389 e. The first-order valence-electron chi connectivity index (χ1n) is 7.41. The van der Waals surface area contributed by atoms with Gasteiger partial charge in [0.1, 0.15) is 0 Å². The summed E-state index contributed by atoms with van der Waals surface area (Å²) in [6.07, 6.45) is 3.17. The van der Waals surface area contributed by atoms with Gasteiger partial charge in [0, 0.05) is 19.2 Å². The van der Waals surface area contributed by atoms with Crippen LogP contribution < -0.4 is 5.32 Å². The zero-order valence-corrected chi connectivity index (χ0v) is 13.1. The predicted molar refractivity (Wildman–Crippen MR) is 80.9 cm³/mol. The molecule has 19 heavy (non-hydrogen) atoms. The molecule has 0 aliphatic carbocycles. The van der Waals surface area contributed by atoms with E-state index in [9.17, 15) is 5.11 Å². The summed E-state index contributed by atoms with van der Waals surface area (Å²) >= 11 is 1.96. The van der Waals surface area contributed by atoms with Crippen LogP contribution >= 0.6 is 11.8 Å². The average molecular weight is 291 g/mol. The molecule has 5 heteroatoms. The third-order valence-corrected chi connectivity index (χ3v) is 4.17. The standard InChI is InChI=1S/C14H29NO3S/c1-3-19-8-6-12(2)15-9-13(16)10-17-11-14-5-4-7-18-14/h12-16H,3-11H2,1-2H3. The van der Waals surface area contributed by atoms with Gasteiger partial charge in [-0.1, -0.05) is 6.92 Å². The Labute approximate surface area is 121 Å². The second kappa shape index (κ2) is 10.9. The fraction of sp³-hybridized carbons (Fsp3) is 1.00. The van der Waals surface area contributed by atoms with Gasteiger partial charge in [0.15, 0.2) is 0 Å². The first kappa shape index (κ1) is 17.2. The maximum atomic E-state index is 9.81. The monoisotopic (exact) mass is 291 g/mol. The van der Waals surface area contributed by atoms with Gasteiger partial charge in [0.05, 0.1) is 25.4 Å². The van der Waals surface area contributed by atoms with Crippen molar-refractivity contribution in [3.63, 3.8) is 0 Å². The summed E-state index contributed by atoms with van der Waals surface area (Å²) in [5.41, 5.74) is 0. The Kier molecular flexibility index (Phi) is 9.91. The number of thioether (sulfide) groups is 1. The van der Waals surface area contributed by atoms with E-state index in [-0.39, 0.29) is 6.10 Å². The maximum Gasteiger partial charge on any atom is 0.0897 e. The maximum absolute atomic E-state index is 9.81. The Morgan fingerprint density at radius 3 is 3.05 bits per heavy atom. The van der Waals surface area contributed by atoms with Gasteiger partial charge in [0.25, 0.3) is 0 Å². The Bertz CT molecular complexity index is 213. The minimum Gasteiger partial charge on any atom is -0.389 e. The lowest BCUT2D eigenvalue weighted by atomic mass is 10.2. The van der Waals surface area contributed by atoms with Crippen LogP contribution in [0.15, 0.2) is 0 Å². The van der Waals surface area contributed by atoms with E-state index < -0.39 is 6.10 Å². The van der Waals surface area contributed by atoms with Crippen LogP contribution in [0.4, 0.5) is 0 Å². The van der Waals surface area contributed by atoms with Crippen LogP contribution in [0.3, 0.4) is 0 Å². The van der Waals surface area contributed by atoms with Gasteiger partial charge < -0.3 is 19.9 Å². The van der Waals surface area contributed by atoms with Gasteiger partial charge in [-0.05, 0) is 37.7 Å². The molecule has 114 valence electrons. The minimum atomic E-state index is -0.428. The second-order valence-electron chi connectivity index (χ2n) is 5.12. The Morgan fingerprint density at radius 1 is 1.53 bits per heavy atom. The number of aliphatic hydroxyl groups is 1. The molecule has 0 aromatic rings. The van der Waals surface area contributed by atoms with Crippen LogP contribution in [0.5, 0.6) is 0 Å². The van der Waals surface area contributed by atoms with Crippen molar-refractivity contribution in [1.29, 1.82) is 0 Å². The Hall–Kier alpha value is 0.190. The van der Waals surface area contributed by atoms with Crippen molar-refractivity contribution in [2.24, 2.45) is 0 Å². The first-order chi connectivity index (χ1) is 9.22. The fourth-order valence-electron chi connectivity index (χ4n) is 2.01. The van der Waals surface area contributed by atoms with Gasteiger partial charge in [-0.25, -0.2) is 0 Å². The molecular weight excluding hydrogens is 262 g/mol. The van der Waals surface area contributed by atoms with E-state index in [0.29, 0.717) is 25.8 Å². The van der Waals surface area contributed by atoms with Crippen molar-refractivity contribution in [3.8, 4) is 0 Å². The lowest BCUT2D eigenvalue weighted by Gasteiger charge is -2.18. The van der Waals surface area contributed by atoms with Crippen LogP contribution in [-0.4, -0.2) is 61.2 Å². The fourth-order valence-corrected chi connectivity index (χ4v) is 2.82. The molecule has 3 unspecified atom stereocenters. The van der Waals surface area contributed by atoms with Gasteiger partial charge in [0.2, 0.25) is 0 Å². The zero-order valence-electron chi connectivity index (χ0n) is 12.3. The van der Waals surface area contributed by atoms with Crippen LogP contribution in [0.1, 0.15) is 33.1 Å². The van der Waals surface area contributed by atoms with Gasteiger partial charge >= 0.3 is 0 Å². The Morgan fingerprint density at radius 2 is 2.37 bits per heavy atom. The molecule has 1 saturated heterocycles. The van der Waals surface area contributed by atoms with Crippen LogP contribution in [0, 0.1) is 0 Å². The summed E-state index contributed by atoms with van der Waals surface area (Å²) in [7, 11) is 0. The molecule has 0 saturated carbocycles. The number of hydrogen-bond donors (Lipinski definition) is 2. The smallest absolute Gasteiger partial charge is 0.0897 e. The van der Waals surface area contributed by atoms with Gasteiger partial charge in [-0.2, -0.15) is 11.8 Å². The average Bonchev–Trinajstić information content (AvgIpc) is 2.90. The molecule has 1 aliphatic heterocycles. The van der Waals surface area contributed by atoms with E-state index >= 15 is 0 Å². The van der Waals surface area contributed by atoms with E-state index in [0.717, 1.165) is 25.9 Å². The third-order valence-electron chi connectivity index (χ3n) is 3.24. The molecule has 1 rings (SSSR count). The van der Waals surface area contributed by atoms with Crippen LogP contribution in [0.2, 0.25) is 0 Å². The van der Waals surface area contributed by atoms with Crippen molar-refractivity contribution >= 4 is 11.8 Å². The molecule has 0 radical (unpaired) electrons. The Balaban J connectivity index is 1.92. The van der Waals surface area contributed by atoms with Crippen molar-refractivity contribution in [1.82, 2.24) is 5.32 Å². The summed E-state index contributed by atoms with van der Waals surface area (Å²) in [4.78, 5) is 0. The quantitative estimate of drug-likeness (QED) is 0.567. The number of ether oxygens (including phenoxy) is 2. The van der Waals surface area contributed by atoms with E-state index in [1.54, 1.807) is 0 Å². The van der Waals surface area contributed by atoms with Crippen molar-refractivity contribution < 1.29 is 14.6 Å². The summed E-state index contributed by atoms with van der Waals surface area (Å²) in [6.45, 7) is 6.80. The molecule has 0 spiro atoms. The minimum absolute atomic E-state index is 0.241. The molecular formula is C14H29NO3S. The summed E-state index contributed by atoms with van der Waals surface area (Å²) in [5, 5.41) is 13.2. The van der Waals surface area contributed by atoms with Gasteiger partial charge in [-0.3, -0.25) is 0 Å². The van der Waals surface area contributed by atoms with E-state index in [1.807, 2.05) is 11.8 Å². The molecule has 4 nitrogen and oxygen atoms in total. The molecule has 0 bridgehead atoms. The summed E-state index contributed by atoms with van der Waals surface area (Å²) in [6, 6.07) is 0.451. The highest BCUT2D eigenvalue weighted by Gasteiger charge is 2.16. The molecule has 1 fully saturated rings. The van der Waals surface area contributed by atoms with E-state index in [1.165, 1.54) is 11.5 Å². The summed E-state index contributed by atoms with van der Waals surface area (Å²) in [5.74, 6) is 2.35. The molecule has 2 N–H and O–H groups in total. The van der Waals surface area contributed by atoms with Crippen LogP contribution in [-0.2, 0) is 9.47 Å². The molecule has 1 aliphatic rings. The van der Waals surface area contributed by atoms with Crippen molar-refractivity contribution in [3.05, 3.63) is 0 Å². The van der Waals surface area contributed by atoms with Crippen molar-refractivity contribution in [2.75, 3.05) is 37.9 Å². The van der Waals surface area contributed by atoms with Gasteiger partial charge in [-0.15, -0.1) is 0 Å². The molecule has 0 amide bonds. The highest BCUT2D eigenvalue weighted by molar-refractivity contribution is 7.99. The lowest BCUT2D eigenvalue weighted by Crippen LogP contribution is -2.36. The van der Waals surface area contributed by atoms with Crippen LogP contribution in [0.25, 0.3) is 0 Å². The highest BCUT2D eigenvalue weighted by Crippen LogP contribution is 2.11. The highest BCUT2D eigenvalue weighted by atomic mass is 32.2. The summed E-state index contributed by atoms with van der Waals surface area (Å²) < 4.78 is 11.0. The topological polar surface area (TPSA) is 50.7 Å².